The van der Waals surface area contributed by atoms with Crippen LogP contribution in [0.3, 0.4) is 0 Å². The maximum atomic E-state index is 12.3. The van der Waals surface area contributed by atoms with Gasteiger partial charge in [0.25, 0.3) is 5.22 Å². The van der Waals surface area contributed by atoms with Crippen LogP contribution in [0.4, 0.5) is 10.8 Å². The van der Waals surface area contributed by atoms with Crippen LogP contribution in [0.2, 0.25) is 0 Å². The molecule has 0 bridgehead atoms. The van der Waals surface area contributed by atoms with Gasteiger partial charge in [0.15, 0.2) is 5.13 Å². The van der Waals surface area contributed by atoms with E-state index in [-0.39, 0.29) is 5.91 Å². The quantitative estimate of drug-likeness (QED) is 0.331. The minimum atomic E-state index is -0.0727. The first-order valence-corrected chi connectivity index (χ1v) is 11.6. The Labute approximate surface area is 189 Å². The van der Waals surface area contributed by atoms with E-state index in [1.165, 1.54) is 34.2 Å². The fraction of sp³-hybridized carbons (Fsp3) is 0.217. The molecule has 31 heavy (non-hydrogen) atoms. The summed E-state index contributed by atoms with van der Waals surface area (Å²) in [6.45, 7) is 7.68. The third-order valence-electron chi connectivity index (χ3n) is 4.84. The van der Waals surface area contributed by atoms with E-state index in [4.69, 9.17) is 4.42 Å². The fourth-order valence-corrected chi connectivity index (χ4v) is 4.62. The summed E-state index contributed by atoms with van der Waals surface area (Å²) in [5, 5.41) is 11.3. The lowest BCUT2D eigenvalue weighted by atomic mass is 10.1. The van der Waals surface area contributed by atoms with Gasteiger partial charge < -0.3 is 4.42 Å². The van der Waals surface area contributed by atoms with Crippen LogP contribution in [-0.4, -0.2) is 21.1 Å². The van der Waals surface area contributed by atoms with E-state index < -0.39 is 0 Å². The lowest BCUT2D eigenvalue weighted by Gasteiger charge is -2.19. The number of carbonyl (C=O) groups excluding carboxylic acids is 1. The van der Waals surface area contributed by atoms with Gasteiger partial charge in [0.05, 0.1) is 11.4 Å². The van der Waals surface area contributed by atoms with Gasteiger partial charge in [-0.1, -0.05) is 35.5 Å². The van der Waals surface area contributed by atoms with Gasteiger partial charge >= 0.3 is 0 Å². The zero-order valence-electron chi connectivity index (χ0n) is 17.7. The van der Waals surface area contributed by atoms with Crippen LogP contribution in [0.1, 0.15) is 29.3 Å². The second-order valence-electron chi connectivity index (χ2n) is 7.27. The Morgan fingerprint density at radius 1 is 1.06 bits per heavy atom. The SMILES string of the molecule is CC(=O)N(c1ccc(C)c(C)c1)c1nc(CSc2nnc(-c3ccc(C)cc3)o2)cs1. The summed E-state index contributed by atoms with van der Waals surface area (Å²) >= 11 is 2.87. The number of thioether (sulfide) groups is 1. The van der Waals surface area contributed by atoms with E-state index in [9.17, 15) is 4.79 Å². The summed E-state index contributed by atoms with van der Waals surface area (Å²) in [6, 6.07) is 13.9. The van der Waals surface area contributed by atoms with Crippen LogP contribution >= 0.6 is 23.1 Å². The number of carbonyl (C=O) groups is 1. The average Bonchev–Trinajstić information content (AvgIpc) is 3.39. The maximum absolute atomic E-state index is 12.3. The number of aromatic nitrogens is 3. The Morgan fingerprint density at radius 2 is 1.84 bits per heavy atom. The topological polar surface area (TPSA) is 72.1 Å². The predicted molar refractivity (Wildman–Crippen MR) is 125 cm³/mol. The van der Waals surface area contributed by atoms with Crippen LogP contribution < -0.4 is 4.90 Å². The van der Waals surface area contributed by atoms with Crippen molar-refractivity contribution in [2.24, 2.45) is 0 Å². The van der Waals surface area contributed by atoms with Crippen molar-refractivity contribution in [2.45, 2.75) is 38.7 Å². The van der Waals surface area contributed by atoms with Crippen molar-refractivity contribution >= 4 is 39.8 Å². The molecule has 2 aromatic heterocycles. The van der Waals surface area contributed by atoms with E-state index in [1.807, 2.05) is 61.7 Å². The maximum Gasteiger partial charge on any atom is 0.277 e. The van der Waals surface area contributed by atoms with Crippen molar-refractivity contribution in [3.63, 3.8) is 0 Å². The molecular weight excluding hydrogens is 428 g/mol. The first kappa shape index (κ1) is 21.3. The second-order valence-corrected chi connectivity index (χ2v) is 9.04. The molecule has 0 saturated heterocycles. The Kier molecular flexibility index (Phi) is 6.20. The molecule has 0 atom stereocenters. The van der Waals surface area contributed by atoms with Gasteiger partial charge in [-0.3, -0.25) is 9.69 Å². The van der Waals surface area contributed by atoms with E-state index in [0.29, 0.717) is 22.0 Å². The fourth-order valence-electron chi connectivity index (χ4n) is 2.97. The monoisotopic (exact) mass is 450 g/mol. The molecule has 2 heterocycles. The van der Waals surface area contributed by atoms with Gasteiger partial charge in [-0.25, -0.2) is 4.98 Å². The average molecular weight is 451 g/mol. The minimum Gasteiger partial charge on any atom is -0.411 e. The highest BCUT2D eigenvalue weighted by atomic mass is 32.2. The molecule has 6 nitrogen and oxygen atoms in total. The van der Waals surface area contributed by atoms with Crippen molar-refractivity contribution in [2.75, 3.05) is 4.90 Å². The number of nitrogens with zero attached hydrogens (tertiary/aromatic N) is 4. The molecule has 0 fully saturated rings. The molecule has 1 amide bonds. The summed E-state index contributed by atoms with van der Waals surface area (Å²) in [5.74, 6) is 1.00. The van der Waals surface area contributed by atoms with Crippen molar-refractivity contribution in [1.29, 1.82) is 0 Å². The molecule has 0 spiro atoms. The van der Waals surface area contributed by atoms with Gasteiger partial charge in [-0.2, -0.15) is 0 Å². The Balaban J connectivity index is 1.46. The van der Waals surface area contributed by atoms with Crippen molar-refractivity contribution in [1.82, 2.24) is 15.2 Å². The number of hydrogen-bond acceptors (Lipinski definition) is 7. The normalized spacial score (nSPS) is 11.0. The molecule has 0 aliphatic carbocycles. The Bertz CT molecular complexity index is 1210. The molecule has 158 valence electrons. The van der Waals surface area contributed by atoms with Crippen LogP contribution in [0.5, 0.6) is 0 Å². The molecule has 0 saturated carbocycles. The number of anilines is 2. The number of benzene rings is 2. The number of amides is 1. The lowest BCUT2D eigenvalue weighted by Crippen LogP contribution is -2.22. The van der Waals surface area contributed by atoms with Gasteiger partial charge in [-0.15, -0.1) is 21.5 Å². The van der Waals surface area contributed by atoms with Crippen LogP contribution in [0.25, 0.3) is 11.5 Å². The summed E-state index contributed by atoms with van der Waals surface area (Å²) in [5.41, 5.74) is 6.08. The van der Waals surface area contributed by atoms with Gasteiger partial charge in [0, 0.05) is 23.6 Å². The highest BCUT2D eigenvalue weighted by Crippen LogP contribution is 2.32. The Hall–Kier alpha value is -2.97. The summed E-state index contributed by atoms with van der Waals surface area (Å²) < 4.78 is 5.77. The second kappa shape index (κ2) is 9.03. The molecule has 4 rings (SSSR count). The largest absolute Gasteiger partial charge is 0.411 e. The Morgan fingerprint density at radius 3 is 2.55 bits per heavy atom. The highest BCUT2D eigenvalue weighted by molar-refractivity contribution is 7.98. The van der Waals surface area contributed by atoms with E-state index in [1.54, 1.807) is 11.8 Å². The van der Waals surface area contributed by atoms with Crippen molar-refractivity contribution in [3.05, 3.63) is 70.2 Å². The van der Waals surface area contributed by atoms with E-state index in [0.717, 1.165) is 22.5 Å². The molecule has 0 aliphatic heterocycles. The molecule has 8 heteroatoms. The standard InChI is InChI=1S/C23H22N4O2S2/c1-14-5-8-18(9-6-14)21-25-26-23(29-21)31-13-19-12-30-22(24-19)27(17(4)28)20-10-7-15(2)16(3)11-20/h5-12H,13H2,1-4H3. The van der Waals surface area contributed by atoms with Gasteiger partial charge in [0.1, 0.15) is 0 Å². The molecule has 2 aromatic carbocycles. The molecule has 0 unspecified atom stereocenters. The van der Waals surface area contributed by atoms with Gasteiger partial charge in [-0.05, 0) is 56.2 Å². The molecule has 0 radical (unpaired) electrons. The first-order valence-electron chi connectivity index (χ1n) is 9.76. The smallest absolute Gasteiger partial charge is 0.277 e. The minimum absolute atomic E-state index is 0.0727. The molecule has 4 aromatic rings. The molecule has 0 N–H and O–H groups in total. The zero-order chi connectivity index (χ0) is 22.0. The van der Waals surface area contributed by atoms with Crippen LogP contribution in [0, 0.1) is 20.8 Å². The zero-order valence-corrected chi connectivity index (χ0v) is 19.4. The third kappa shape index (κ3) is 4.86. The summed E-state index contributed by atoms with van der Waals surface area (Å²) in [4.78, 5) is 18.7. The number of rotatable bonds is 6. The van der Waals surface area contributed by atoms with Gasteiger partial charge in [0.2, 0.25) is 11.8 Å². The lowest BCUT2D eigenvalue weighted by molar-refractivity contribution is -0.115. The number of aryl methyl sites for hydroxylation is 3. The van der Waals surface area contributed by atoms with Crippen molar-refractivity contribution in [3.8, 4) is 11.5 Å². The van der Waals surface area contributed by atoms with Crippen molar-refractivity contribution < 1.29 is 9.21 Å². The first-order chi connectivity index (χ1) is 14.9. The number of hydrogen-bond donors (Lipinski definition) is 0. The summed E-state index contributed by atoms with van der Waals surface area (Å²) in [6.07, 6.45) is 0. The third-order valence-corrected chi connectivity index (χ3v) is 6.57. The number of thiazole rings is 1. The van der Waals surface area contributed by atoms with E-state index in [2.05, 4.69) is 22.1 Å². The van der Waals surface area contributed by atoms with Crippen LogP contribution in [0.15, 0.2) is 57.5 Å². The predicted octanol–water partition coefficient (Wildman–Crippen LogP) is 6.10. The van der Waals surface area contributed by atoms with E-state index >= 15 is 0 Å². The summed E-state index contributed by atoms with van der Waals surface area (Å²) in [7, 11) is 0. The molecular formula is C23H22N4O2S2. The van der Waals surface area contributed by atoms with Crippen LogP contribution in [-0.2, 0) is 10.5 Å². The molecule has 0 aliphatic rings. The highest BCUT2D eigenvalue weighted by Gasteiger charge is 2.19.